The van der Waals surface area contributed by atoms with Gasteiger partial charge in [0.1, 0.15) is 5.70 Å². The molecule has 72 valence electrons. The van der Waals surface area contributed by atoms with Crippen molar-refractivity contribution in [3.63, 3.8) is 0 Å². The molecular weight excluding hydrogens is 182 g/mol. The normalized spacial score (nSPS) is 24.7. The van der Waals surface area contributed by atoms with Crippen molar-refractivity contribution in [1.29, 1.82) is 0 Å². The summed E-state index contributed by atoms with van der Waals surface area (Å²) in [6, 6.07) is 0. The second-order valence-corrected chi connectivity index (χ2v) is 2.84. The summed E-state index contributed by atoms with van der Waals surface area (Å²) in [5, 5.41) is 26.8. The number of aliphatic hydroxyl groups excluding tert-OH is 1. The van der Waals surface area contributed by atoms with Gasteiger partial charge in [-0.3, -0.25) is 5.21 Å². The monoisotopic (exact) mass is 191 g/mol. The minimum absolute atomic E-state index is 0.0675. The SMILES string of the molecule is OCC1=CC(=C2C=CN=N2)N(O)C=C1. The standard InChI is InChI=1S/C9H9N3O2/c13-6-7-2-4-12(14)9(5-7)8-1-3-10-11-8/h1-5,13-14H,6H2. The molecule has 0 saturated heterocycles. The van der Waals surface area contributed by atoms with Crippen LogP contribution in [-0.2, 0) is 0 Å². The van der Waals surface area contributed by atoms with Crippen LogP contribution in [0.5, 0.6) is 0 Å². The molecule has 0 saturated carbocycles. The van der Waals surface area contributed by atoms with Gasteiger partial charge in [-0.25, -0.2) is 5.06 Å². The zero-order valence-electron chi connectivity index (χ0n) is 7.33. The summed E-state index contributed by atoms with van der Waals surface area (Å²) in [6.07, 6.45) is 7.96. The van der Waals surface area contributed by atoms with Crippen LogP contribution in [0.2, 0.25) is 0 Å². The Morgan fingerprint density at radius 3 is 2.86 bits per heavy atom. The number of allylic oxidation sites excluding steroid dienone is 2. The first-order valence-electron chi connectivity index (χ1n) is 4.10. The first kappa shape index (κ1) is 8.86. The number of aliphatic hydroxyl groups is 1. The molecule has 0 radical (unpaired) electrons. The maximum atomic E-state index is 9.47. The van der Waals surface area contributed by atoms with E-state index in [1.54, 1.807) is 24.4 Å². The Labute approximate surface area is 80.6 Å². The maximum Gasteiger partial charge on any atom is 0.113 e. The predicted octanol–water partition coefficient (Wildman–Crippen LogP) is 1.31. The average molecular weight is 191 g/mol. The first-order valence-corrected chi connectivity index (χ1v) is 4.10. The van der Waals surface area contributed by atoms with E-state index in [2.05, 4.69) is 10.2 Å². The van der Waals surface area contributed by atoms with Crippen LogP contribution in [0.15, 0.2) is 57.8 Å². The smallest absolute Gasteiger partial charge is 0.113 e. The second-order valence-electron chi connectivity index (χ2n) is 2.84. The van der Waals surface area contributed by atoms with E-state index in [9.17, 15) is 5.21 Å². The van der Waals surface area contributed by atoms with E-state index < -0.39 is 0 Å². The van der Waals surface area contributed by atoms with E-state index in [1.807, 2.05) is 0 Å². The molecule has 0 aromatic heterocycles. The van der Waals surface area contributed by atoms with Gasteiger partial charge in [-0.2, -0.15) is 5.11 Å². The fourth-order valence-electron chi connectivity index (χ4n) is 1.20. The van der Waals surface area contributed by atoms with Crippen LogP contribution < -0.4 is 0 Å². The summed E-state index contributed by atoms with van der Waals surface area (Å²) in [5.74, 6) is 0. The summed E-state index contributed by atoms with van der Waals surface area (Å²) >= 11 is 0. The highest BCUT2D eigenvalue weighted by Crippen LogP contribution is 2.22. The molecule has 2 rings (SSSR count). The van der Waals surface area contributed by atoms with E-state index in [-0.39, 0.29) is 6.61 Å². The number of hydrogen-bond acceptors (Lipinski definition) is 5. The highest BCUT2D eigenvalue weighted by atomic mass is 16.5. The topological polar surface area (TPSA) is 68.4 Å². The van der Waals surface area contributed by atoms with Crippen molar-refractivity contribution >= 4 is 0 Å². The van der Waals surface area contributed by atoms with Crippen LogP contribution in [0.3, 0.4) is 0 Å². The largest absolute Gasteiger partial charge is 0.392 e. The lowest BCUT2D eigenvalue weighted by Crippen LogP contribution is -2.15. The molecule has 0 aliphatic carbocycles. The van der Waals surface area contributed by atoms with Gasteiger partial charge in [-0.05, 0) is 23.8 Å². The Balaban J connectivity index is 2.40. The summed E-state index contributed by atoms with van der Waals surface area (Å²) in [7, 11) is 0. The van der Waals surface area contributed by atoms with Crippen LogP contribution in [0.25, 0.3) is 0 Å². The van der Waals surface area contributed by atoms with Crippen molar-refractivity contribution < 1.29 is 10.3 Å². The fourth-order valence-corrected chi connectivity index (χ4v) is 1.20. The highest BCUT2D eigenvalue weighted by molar-refractivity contribution is 5.40. The third kappa shape index (κ3) is 1.50. The van der Waals surface area contributed by atoms with Gasteiger partial charge in [-0.15, -0.1) is 5.11 Å². The quantitative estimate of drug-likeness (QED) is 0.656. The number of nitrogens with zero attached hydrogens (tertiary/aromatic N) is 3. The molecule has 0 amide bonds. The van der Waals surface area contributed by atoms with Gasteiger partial charge < -0.3 is 5.11 Å². The molecule has 2 aliphatic rings. The summed E-state index contributed by atoms with van der Waals surface area (Å²) in [4.78, 5) is 0. The van der Waals surface area contributed by atoms with Crippen molar-refractivity contribution in [2.75, 3.05) is 6.61 Å². The molecule has 5 heteroatoms. The molecule has 5 nitrogen and oxygen atoms in total. The predicted molar refractivity (Wildman–Crippen MR) is 49.0 cm³/mol. The van der Waals surface area contributed by atoms with Gasteiger partial charge in [0.25, 0.3) is 0 Å². The molecule has 0 bridgehead atoms. The molecule has 0 atom stereocenters. The molecular formula is C9H9N3O2. The Kier molecular flexibility index (Phi) is 2.26. The fraction of sp³-hybridized carbons (Fsp3) is 0.111. The maximum absolute atomic E-state index is 9.47. The van der Waals surface area contributed by atoms with E-state index >= 15 is 0 Å². The average Bonchev–Trinajstić information content (AvgIpc) is 2.71. The second kappa shape index (κ2) is 3.57. The molecule has 2 aliphatic heterocycles. The van der Waals surface area contributed by atoms with Crippen LogP contribution >= 0.6 is 0 Å². The zero-order chi connectivity index (χ0) is 9.97. The van der Waals surface area contributed by atoms with Crippen molar-refractivity contribution in [3.8, 4) is 0 Å². The lowest BCUT2D eigenvalue weighted by Gasteiger charge is -2.18. The van der Waals surface area contributed by atoms with Crippen LogP contribution in [0.1, 0.15) is 0 Å². The van der Waals surface area contributed by atoms with E-state index in [0.717, 1.165) is 5.06 Å². The molecule has 2 N–H and O–H groups in total. The van der Waals surface area contributed by atoms with Crippen molar-refractivity contribution in [3.05, 3.63) is 47.6 Å². The molecule has 0 unspecified atom stereocenters. The minimum Gasteiger partial charge on any atom is -0.392 e. The molecule has 0 aromatic rings. The van der Waals surface area contributed by atoms with Gasteiger partial charge in [0.15, 0.2) is 0 Å². The molecule has 14 heavy (non-hydrogen) atoms. The van der Waals surface area contributed by atoms with Gasteiger partial charge in [0, 0.05) is 6.20 Å². The summed E-state index contributed by atoms with van der Waals surface area (Å²) in [5.41, 5.74) is 1.80. The lowest BCUT2D eigenvalue weighted by atomic mass is 10.1. The molecule has 0 fully saturated rings. The number of hydroxylamine groups is 2. The molecule has 0 spiro atoms. The van der Waals surface area contributed by atoms with Crippen molar-refractivity contribution in [2.45, 2.75) is 0 Å². The Morgan fingerprint density at radius 2 is 2.21 bits per heavy atom. The number of azo groups is 1. The van der Waals surface area contributed by atoms with Crippen LogP contribution in [-0.4, -0.2) is 22.0 Å². The molecule has 0 aromatic carbocycles. The summed E-state index contributed by atoms with van der Waals surface area (Å²) < 4.78 is 0. The Bertz CT molecular complexity index is 377. The van der Waals surface area contributed by atoms with Gasteiger partial charge >= 0.3 is 0 Å². The van der Waals surface area contributed by atoms with Crippen molar-refractivity contribution in [1.82, 2.24) is 5.06 Å². The number of rotatable bonds is 1. The van der Waals surface area contributed by atoms with Gasteiger partial charge in [0.2, 0.25) is 0 Å². The van der Waals surface area contributed by atoms with Gasteiger partial charge in [-0.1, -0.05) is 0 Å². The van der Waals surface area contributed by atoms with E-state index in [4.69, 9.17) is 5.11 Å². The third-order valence-electron chi connectivity index (χ3n) is 1.91. The third-order valence-corrected chi connectivity index (χ3v) is 1.91. The zero-order valence-corrected chi connectivity index (χ0v) is 7.33. The van der Waals surface area contributed by atoms with Gasteiger partial charge in [0.05, 0.1) is 18.5 Å². The minimum atomic E-state index is -0.0675. The number of hydrogen-bond donors (Lipinski definition) is 2. The summed E-state index contributed by atoms with van der Waals surface area (Å²) in [6.45, 7) is -0.0675. The van der Waals surface area contributed by atoms with Crippen LogP contribution in [0, 0.1) is 0 Å². The lowest BCUT2D eigenvalue weighted by molar-refractivity contribution is -0.00167. The Morgan fingerprint density at radius 1 is 1.36 bits per heavy atom. The van der Waals surface area contributed by atoms with E-state index in [0.29, 0.717) is 17.0 Å². The molecule has 2 heterocycles. The first-order chi connectivity index (χ1) is 6.81. The van der Waals surface area contributed by atoms with E-state index in [1.165, 1.54) is 6.20 Å². The van der Waals surface area contributed by atoms with Crippen LogP contribution in [0.4, 0.5) is 0 Å². The Hall–Kier alpha value is -1.72. The van der Waals surface area contributed by atoms with Crippen molar-refractivity contribution in [2.24, 2.45) is 10.2 Å². The highest BCUT2D eigenvalue weighted by Gasteiger charge is 2.13.